The summed E-state index contributed by atoms with van der Waals surface area (Å²) < 4.78 is 33.2. The summed E-state index contributed by atoms with van der Waals surface area (Å²) in [5, 5.41) is 0. The highest BCUT2D eigenvalue weighted by molar-refractivity contribution is 14.1. The zero-order valence-electron chi connectivity index (χ0n) is 15.1. The molecule has 0 saturated heterocycles. The Morgan fingerprint density at radius 1 is 0.719 bits per heavy atom. The van der Waals surface area contributed by atoms with Gasteiger partial charge >= 0.3 is 7.82 Å². The first-order chi connectivity index (χ1) is 14.9. The van der Waals surface area contributed by atoms with Crippen LogP contribution in [0.15, 0.2) is 63.2 Å². The van der Waals surface area contributed by atoms with Crippen molar-refractivity contribution in [3.8, 4) is 28.7 Å². The van der Waals surface area contributed by atoms with E-state index < -0.39 is 7.82 Å². The molecule has 170 valence electrons. The summed E-state index contributed by atoms with van der Waals surface area (Å²) in [4.78, 5) is 18.6. The molecule has 3 aromatic rings. The third-order valence-corrected chi connectivity index (χ3v) is 9.68. The van der Waals surface area contributed by atoms with Gasteiger partial charge in [-0.2, -0.15) is 0 Å². The van der Waals surface area contributed by atoms with Gasteiger partial charge in [-0.3, -0.25) is 9.79 Å². The standard InChI is InChI=1S/C18H8Br6IO6P/c19-7-1-2-12(11(25)4-7)29-18-13(6-9(21)15(23)16(18)24)30-17-10(22)3-8(20)5-14(17)31-32(26,27)28/h1-6H,(H2,26,27,28). The SMILES string of the molecule is O=P(O)(O)Oc1cc(Br)cc(Br)c1Oc1cc(Br)c(Br)c(Br)c1Oc1ccc(Br)cc1I. The number of ether oxygens (including phenoxy) is 2. The van der Waals surface area contributed by atoms with Crippen LogP contribution in [0.4, 0.5) is 0 Å². The third-order valence-electron chi connectivity index (χ3n) is 3.59. The molecule has 0 heterocycles. The summed E-state index contributed by atoms with van der Waals surface area (Å²) in [5.41, 5.74) is 0. The molecule has 0 aliphatic carbocycles. The van der Waals surface area contributed by atoms with Crippen LogP contribution < -0.4 is 14.0 Å². The highest BCUT2D eigenvalue weighted by Crippen LogP contribution is 2.52. The fourth-order valence-corrected chi connectivity index (χ4v) is 6.87. The second kappa shape index (κ2) is 11.3. The van der Waals surface area contributed by atoms with E-state index in [1.54, 1.807) is 18.2 Å². The van der Waals surface area contributed by atoms with E-state index >= 15 is 0 Å². The van der Waals surface area contributed by atoms with Crippen molar-refractivity contribution in [2.75, 3.05) is 0 Å². The van der Waals surface area contributed by atoms with Gasteiger partial charge in [0.25, 0.3) is 0 Å². The van der Waals surface area contributed by atoms with E-state index in [-0.39, 0.29) is 17.2 Å². The van der Waals surface area contributed by atoms with Gasteiger partial charge in [-0.05, 0) is 117 Å². The molecule has 0 spiro atoms. The quantitative estimate of drug-likeness (QED) is 0.146. The number of halogens is 7. The molecule has 0 atom stereocenters. The third kappa shape index (κ3) is 6.94. The Hall–Kier alpha value is 0.820. The number of hydrogen-bond donors (Lipinski definition) is 2. The van der Waals surface area contributed by atoms with Crippen LogP contribution >= 0.6 is 126 Å². The summed E-state index contributed by atoms with van der Waals surface area (Å²) in [6, 6.07) is 10.2. The molecule has 0 bridgehead atoms. The second-order valence-corrected chi connectivity index (χ2v) is 13.3. The molecular formula is C18H8Br6IO6P. The summed E-state index contributed by atoms with van der Waals surface area (Å²) in [6.45, 7) is 0. The van der Waals surface area contributed by atoms with E-state index in [0.29, 0.717) is 33.9 Å². The molecule has 6 nitrogen and oxygen atoms in total. The minimum Gasteiger partial charge on any atom is -0.451 e. The highest BCUT2D eigenvalue weighted by atomic mass is 127. The minimum atomic E-state index is -4.85. The molecule has 0 unspecified atom stereocenters. The monoisotopic (exact) mass is 951 g/mol. The Bertz CT molecular complexity index is 1250. The van der Waals surface area contributed by atoms with Crippen LogP contribution in [0.1, 0.15) is 0 Å². The Kier molecular flexibility index (Phi) is 9.64. The van der Waals surface area contributed by atoms with Crippen molar-refractivity contribution in [1.29, 1.82) is 0 Å². The lowest BCUT2D eigenvalue weighted by Crippen LogP contribution is -1.98. The zero-order chi connectivity index (χ0) is 23.8. The molecule has 2 N–H and O–H groups in total. The first-order valence-electron chi connectivity index (χ1n) is 8.08. The molecule has 0 aromatic heterocycles. The molecule has 32 heavy (non-hydrogen) atoms. The average molecular weight is 958 g/mol. The van der Waals surface area contributed by atoms with Gasteiger partial charge in [-0.25, -0.2) is 4.57 Å². The Morgan fingerprint density at radius 3 is 2.00 bits per heavy atom. The van der Waals surface area contributed by atoms with Crippen molar-refractivity contribution in [2.45, 2.75) is 0 Å². The number of rotatable bonds is 6. The number of benzene rings is 3. The van der Waals surface area contributed by atoms with Crippen molar-refractivity contribution < 1.29 is 28.3 Å². The lowest BCUT2D eigenvalue weighted by atomic mass is 10.3. The Labute approximate surface area is 246 Å². The van der Waals surface area contributed by atoms with Crippen LogP contribution in [-0.2, 0) is 4.57 Å². The van der Waals surface area contributed by atoms with Crippen molar-refractivity contribution in [2.24, 2.45) is 0 Å². The fourth-order valence-electron chi connectivity index (χ4n) is 2.34. The summed E-state index contributed by atoms with van der Waals surface area (Å²) in [5.74, 6) is 1.04. The van der Waals surface area contributed by atoms with Crippen LogP contribution in [0.3, 0.4) is 0 Å². The summed E-state index contributed by atoms with van der Waals surface area (Å²) in [6.07, 6.45) is 0. The maximum atomic E-state index is 11.5. The van der Waals surface area contributed by atoms with Crippen LogP contribution in [0.25, 0.3) is 0 Å². The van der Waals surface area contributed by atoms with Crippen molar-refractivity contribution in [3.63, 3.8) is 0 Å². The van der Waals surface area contributed by atoms with E-state index in [4.69, 9.17) is 14.0 Å². The lowest BCUT2D eigenvalue weighted by Gasteiger charge is -2.19. The average Bonchev–Trinajstić information content (AvgIpc) is 2.66. The second-order valence-electron chi connectivity index (χ2n) is 5.89. The van der Waals surface area contributed by atoms with E-state index in [0.717, 1.165) is 8.04 Å². The molecule has 3 rings (SSSR count). The maximum Gasteiger partial charge on any atom is 0.524 e. The van der Waals surface area contributed by atoms with Crippen molar-refractivity contribution in [3.05, 3.63) is 66.8 Å². The topological polar surface area (TPSA) is 85.2 Å². The summed E-state index contributed by atoms with van der Waals surface area (Å²) >= 11 is 22.7. The van der Waals surface area contributed by atoms with Crippen LogP contribution in [-0.4, -0.2) is 9.79 Å². The Balaban J connectivity index is 2.14. The molecule has 0 saturated carbocycles. The van der Waals surface area contributed by atoms with Gasteiger partial charge in [0.1, 0.15) is 5.75 Å². The van der Waals surface area contributed by atoms with E-state index in [1.165, 1.54) is 6.07 Å². The predicted octanol–water partition coefficient (Wildman–Crippen LogP) is 9.92. The van der Waals surface area contributed by atoms with E-state index in [1.807, 2.05) is 12.1 Å². The zero-order valence-corrected chi connectivity index (χ0v) is 27.7. The smallest absolute Gasteiger partial charge is 0.451 e. The maximum absolute atomic E-state index is 11.5. The molecular weight excluding hydrogens is 949 g/mol. The summed E-state index contributed by atoms with van der Waals surface area (Å²) in [7, 11) is -4.85. The molecule has 0 aliphatic rings. The number of phosphoric ester groups is 1. The van der Waals surface area contributed by atoms with Crippen LogP contribution in [0, 0.1) is 3.57 Å². The van der Waals surface area contributed by atoms with E-state index in [9.17, 15) is 14.4 Å². The number of phosphoric acid groups is 1. The molecule has 0 amide bonds. The van der Waals surface area contributed by atoms with Gasteiger partial charge in [0, 0.05) is 24.0 Å². The molecule has 3 aromatic carbocycles. The van der Waals surface area contributed by atoms with Gasteiger partial charge in [-0.1, -0.05) is 31.9 Å². The molecule has 0 aliphatic heterocycles. The lowest BCUT2D eigenvalue weighted by molar-refractivity contribution is 0.278. The van der Waals surface area contributed by atoms with Crippen molar-refractivity contribution >= 4 is 126 Å². The first-order valence-corrected chi connectivity index (χ1v) is 15.4. The Morgan fingerprint density at radius 2 is 1.38 bits per heavy atom. The molecule has 0 radical (unpaired) electrons. The highest BCUT2D eigenvalue weighted by Gasteiger charge is 2.25. The van der Waals surface area contributed by atoms with Gasteiger partial charge < -0.3 is 14.0 Å². The van der Waals surface area contributed by atoms with Crippen LogP contribution in [0.2, 0.25) is 0 Å². The van der Waals surface area contributed by atoms with Crippen LogP contribution in [0.5, 0.6) is 28.7 Å². The predicted molar refractivity (Wildman–Crippen MR) is 151 cm³/mol. The molecule has 0 fully saturated rings. The van der Waals surface area contributed by atoms with Gasteiger partial charge in [-0.15, -0.1) is 0 Å². The van der Waals surface area contributed by atoms with E-state index in [2.05, 4.69) is 118 Å². The first kappa shape index (κ1) is 27.4. The minimum absolute atomic E-state index is 0.0491. The van der Waals surface area contributed by atoms with Gasteiger partial charge in [0.15, 0.2) is 23.0 Å². The fraction of sp³-hybridized carbons (Fsp3) is 0. The van der Waals surface area contributed by atoms with Gasteiger partial charge in [0.05, 0.1) is 12.5 Å². The number of hydrogen-bond acceptors (Lipinski definition) is 4. The van der Waals surface area contributed by atoms with Gasteiger partial charge in [0.2, 0.25) is 0 Å². The largest absolute Gasteiger partial charge is 0.524 e. The normalized spacial score (nSPS) is 11.4. The molecule has 14 heteroatoms. The van der Waals surface area contributed by atoms with Crippen molar-refractivity contribution in [1.82, 2.24) is 0 Å².